The molecule has 0 amide bonds. The lowest BCUT2D eigenvalue weighted by Gasteiger charge is -2.17. The Labute approximate surface area is 215 Å². The molecule has 0 spiro atoms. The van der Waals surface area contributed by atoms with Gasteiger partial charge in [0, 0.05) is 10.6 Å². The molecule has 0 fully saturated rings. The van der Waals surface area contributed by atoms with E-state index < -0.39 is 0 Å². The third-order valence-corrected chi connectivity index (χ3v) is 6.99. The molecule has 0 saturated carbocycles. The lowest BCUT2D eigenvalue weighted by molar-refractivity contribution is 0.643. The largest absolute Gasteiger partial charge is 0.278 e. The Morgan fingerprint density at radius 1 is 0.943 bits per heavy atom. The highest BCUT2D eigenvalue weighted by atomic mass is 35.5. The third-order valence-electron chi connectivity index (χ3n) is 5.55. The molecule has 0 aliphatic heterocycles. The van der Waals surface area contributed by atoms with Gasteiger partial charge < -0.3 is 0 Å². The van der Waals surface area contributed by atoms with Gasteiger partial charge in [0.15, 0.2) is 11.0 Å². The van der Waals surface area contributed by atoms with Crippen LogP contribution in [0.25, 0.3) is 28.0 Å². The zero-order chi connectivity index (χ0) is 24.5. The van der Waals surface area contributed by atoms with Crippen LogP contribution < -0.4 is 5.56 Å². The van der Waals surface area contributed by atoms with Crippen molar-refractivity contribution in [2.24, 2.45) is 0 Å². The summed E-state index contributed by atoms with van der Waals surface area (Å²) in [7, 11) is 0. The molecule has 35 heavy (non-hydrogen) atoms. The van der Waals surface area contributed by atoms with E-state index in [9.17, 15) is 4.79 Å². The Balaban J connectivity index is 1.61. The average Bonchev–Trinajstić information content (AvgIpc) is 3.27. The molecule has 0 aliphatic carbocycles. The van der Waals surface area contributed by atoms with Gasteiger partial charge in [0.05, 0.1) is 22.0 Å². The molecule has 5 rings (SSSR count). The first-order valence-corrected chi connectivity index (χ1v) is 12.6. The second kappa shape index (κ2) is 9.81. The van der Waals surface area contributed by atoms with Crippen LogP contribution >= 0.6 is 35.0 Å². The van der Waals surface area contributed by atoms with Crippen molar-refractivity contribution in [1.82, 2.24) is 29.8 Å². The maximum Gasteiger partial charge on any atom is 0.278 e. The molecule has 5 aromatic rings. The van der Waals surface area contributed by atoms with Gasteiger partial charge in [0.2, 0.25) is 0 Å². The highest BCUT2D eigenvalue weighted by Gasteiger charge is 2.21. The monoisotopic (exact) mass is 522 g/mol. The smallest absolute Gasteiger partial charge is 0.270 e. The second-order valence-corrected chi connectivity index (χ2v) is 9.92. The third kappa shape index (κ3) is 4.57. The van der Waals surface area contributed by atoms with E-state index >= 15 is 0 Å². The fourth-order valence-electron chi connectivity index (χ4n) is 3.83. The number of para-hydroxylation sites is 1. The minimum Gasteiger partial charge on any atom is -0.270 e. The predicted molar refractivity (Wildman–Crippen MR) is 141 cm³/mol. The molecular formula is C25H20Cl2N6OS. The van der Waals surface area contributed by atoms with Crippen molar-refractivity contribution in [3.05, 3.63) is 92.7 Å². The van der Waals surface area contributed by atoms with E-state index in [1.165, 1.54) is 16.4 Å². The van der Waals surface area contributed by atoms with Crippen LogP contribution in [0.2, 0.25) is 10.0 Å². The van der Waals surface area contributed by atoms with Gasteiger partial charge in [-0.1, -0.05) is 84.4 Å². The van der Waals surface area contributed by atoms with Gasteiger partial charge in [0.25, 0.3) is 5.56 Å². The zero-order valence-electron chi connectivity index (χ0n) is 18.9. The van der Waals surface area contributed by atoms with E-state index in [1.807, 2.05) is 41.0 Å². The van der Waals surface area contributed by atoms with E-state index in [-0.39, 0.29) is 17.4 Å². The predicted octanol–water partition coefficient (Wildman–Crippen LogP) is 6.22. The van der Waals surface area contributed by atoms with E-state index in [0.29, 0.717) is 37.5 Å². The summed E-state index contributed by atoms with van der Waals surface area (Å²) in [5.41, 5.74) is 3.12. The molecule has 0 aliphatic rings. The fraction of sp³-hybridized carbons (Fsp3) is 0.160. The summed E-state index contributed by atoms with van der Waals surface area (Å²) in [5, 5.41) is 19.3. The summed E-state index contributed by atoms with van der Waals surface area (Å²) in [6, 6.07) is 20.5. The number of fused-ring (bicyclic) bond motifs is 1. The molecule has 10 heteroatoms. The molecule has 2 heterocycles. The highest BCUT2D eigenvalue weighted by molar-refractivity contribution is 7.98. The summed E-state index contributed by atoms with van der Waals surface area (Å²) >= 11 is 14.0. The van der Waals surface area contributed by atoms with Crippen LogP contribution in [0.5, 0.6) is 0 Å². The summed E-state index contributed by atoms with van der Waals surface area (Å²) in [4.78, 5) is 12.9. The summed E-state index contributed by atoms with van der Waals surface area (Å²) in [6.07, 6.45) is 0. The second-order valence-electron chi connectivity index (χ2n) is 8.16. The molecule has 3 aromatic carbocycles. The quantitative estimate of drug-likeness (QED) is 0.246. The molecule has 176 valence electrons. The normalized spacial score (nSPS) is 11.5. The van der Waals surface area contributed by atoms with Crippen LogP contribution in [0.3, 0.4) is 0 Å². The van der Waals surface area contributed by atoms with E-state index in [4.69, 9.17) is 23.2 Å². The highest BCUT2D eigenvalue weighted by Crippen LogP contribution is 2.35. The lowest BCUT2D eigenvalue weighted by Crippen LogP contribution is -2.23. The SMILES string of the molecule is CC(C)c1ccccc1-n1c(SCn2nnc3ccccc3c2=O)nnc1-c1ccc(Cl)cc1Cl. The van der Waals surface area contributed by atoms with Crippen molar-refractivity contribution in [3.63, 3.8) is 0 Å². The average molecular weight is 523 g/mol. The standard InChI is InChI=1S/C25H20Cl2N6OS/c1-15(2)17-7-4-6-10-22(17)33-23(18-12-11-16(26)13-20(18)27)29-30-25(33)35-14-32-24(34)19-8-3-5-9-21(19)28-31-32/h3-13,15H,14H2,1-2H3. The van der Waals surface area contributed by atoms with Gasteiger partial charge >= 0.3 is 0 Å². The maximum absolute atomic E-state index is 12.9. The van der Waals surface area contributed by atoms with Crippen LogP contribution in [0.4, 0.5) is 0 Å². The van der Waals surface area contributed by atoms with Gasteiger partial charge in [-0.25, -0.2) is 0 Å². The minimum atomic E-state index is -0.210. The number of nitrogens with zero attached hydrogens (tertiary/aromatic N) is 6. The first-order chi connectivity index (χ1) is 16.9. The number of halogens is 2. The van der Waals surface area contributed by atoms with Gasteiger partial charge in [0.1, 0.15) is 5.52 Å². The first kappa shape index (κ1) is 23.5. The number of rotatable bonds is 6. The molecule has 0 unspecified atom stereocenters. The van der Waals surface area contributed by atoms with E-state index in [0.717, 1.165) is 11.3 Å². The molecule has 2 aromatic heterocycles. The number of hydrogen-bond acceptors (Lipinski definition) is 6. The number of thioether (sulfide) groups is 1. The Bertz CT molecular complexity index is 1600. The van der Waals surface area contributed by atoms with Crippen LogP contribution in [-0.4, -0.2) is 29.8 Å². The first-order valence-electron chi connectivity index (χ1n) is 10.9. The number of aromatic nitrogens is 6. The van der Waals surface area contributed by atoms with Gasteiger partial charge in [-0.05, 0) is 47.9 Å². The van der Waals surface area contributed by atoms with Crippen LogP contribution in [0, 0.1) is 0 Å². The molecule has 0 radical (unpaired) electrons. The van der Waals surface area contributed by atoms with Crippen molar-refractivity contribution < 1.29 is 0 Å². The topological polar surface area (TPSA) is 78.5 Å². The molecule has 0 atom stereocenters. The van der Waals surface area contributed by atoms with Crippen molar-refractivity contribution in [2.45, 2.75) is 30.8 Å². The lowest BCUT2D eigenvalue weighted by atomic mass is 10.0. The fourth-order valence-corrected chi connectivity index (χ4v) is 5.14. The molecular weight excluding hydrogens is 503 g/mol. The summed E-state index contributed by atoms with van der Waals surface area (Å²) in [6.45, 7) is 4.27. The van der Waals surface area contributed by atoms with Gasteiger partial charge in [-0.15, -0.1) is 15.3 Å². The van der Waals surface area contributed by atoms with Gasteiger partial charge in [-0.3, -0.25) is 9.36 Å². The van der Waals surface area contributed by atoms with Crippen molar-refractivity contribution in [3.8, 4) is 17.1 Å². The Morgan fingerprint density at radius 2 is 1.71 bits per heavy atom. The maximum atomic E-state index is 12.9. The Kier molecular flexibility index (Phi) is 6.60. The van der Waals surface area contributed by atoms with Crippen LogP contribution in [0.1, 0.15) is 25.3 Å². The van der Waals surface area contributed by atoms with Crippen LogP contribution in [-0.2, 0) is 5.88 Å². The minimum absolute atomic E-state index is 0.210. The van der Waals surface area contributed by atoms with Crippen molar-refractivity contribution >= 4 is 45.9 Å². The molecule has 7 nitrogen and oxygen atoms in total. The zero-order valence-corrected chi connectivity index (χ0v) is 21.2. The van der Waals surface area contributed by atoms with Gasteiger partial charge in [-0.2, -0.15) is 4.68 Å². The Morgan fingerprint density at radius 3 is 2.51 bits per heavy atom. The summed E-state index contributed by atoms with van der Waals surface area (Å²) < 4.78 is 3.30. The molecule has 0 N–H and O–H groups in total. The Hall–Kier alpha value is -3.20. The van der Waals surface area contributed by atoms with Crippen LogP contribution in [0.15, 0.2) is 76.7 Å². The van der Waals surface area contributed by atoms with E-state index in [1.54, 1.807) is 24.3 Å². The molecule has 0 saturated heterocycles. The number of benzene rings is 3. The summed E-state index contributed by atoms with van der Waals surface area (Å²) in [5.74, 6) is 1.06. The number of hydrogen-bond donors (Lipinski definition) is 0. The van der Waals surface area contributed by atoms with Crippen molar-refractivity contribution in [1.29, 1.82) is 0 Å². The van der Waals surface area contributed by atoms with E-state index in [2.05, 4.69) is 40.4 Å². The van der Waals surface area contributed by atoms with Crippen molar-refractivity contribution in [2.75, 3.05) is 0 Å². The molecule has 0 bridgehead atoms.